The fourth-order valence-electron chi connectivity index (χ4n) is 2.17. The number of rotatable bonds is 5. The highest BCUT2D eigenvalue weighted by atomic mass is 15.3. The molecule has 0 saturated carbocycles. The molecule has 1 saturated heterocycles. The number of nitrogens with one attached hydrogen (secondary N) is 1. The second-order valence-electron chi connectivity index (χ2n) is 5.47. The highest BCUT2D eigenvalue weighted by Gasteiger charge is 2.15. The van der Waals surface area contributed by atoms with Crippen LogP contribution < -0.4 is 16.0 Å². The fraction of sp³-hybridized carbons (Fsp3) is 0.769. The van der Waals surface area contributed by atoms with E-state index in [0.29, 0.717) is 23.8 Å². The van der Waals surface area contributed by atoms with E-state index in [2.05, 4.69) is 39.0 Å². The van der Waals surface area contributed by atoms with Crippen LogP contribution in [0.4, 0.5) is 17.8 Å². The summed E-state index contributed by atoms with van der Waals surface area (Å²) in [5.74, 6) is 2.25. The molecule has 0 unspecified atom stereocenters. The number of anilines is 3. The normalized spacial score (nSPS) is 15.8. The van der Waals surface area contributed by atoms with Gasteiger partial charge >= 0.3 is 0 Å². The maximum Gasteiger partial charge on any atom is 0.231 e. The van der Waals surface area contributed by atoms with Gasteiger partial charge in [0.1, 0.15) is 0 Å². The van der Waals surface area contributed by atoms with Crippen LogP contribution in [-0.2, 0) is 0 Å². The standard InChI is InChI=1S/C13H24N6/c1-10(2)6-7-15-12-16-11(14)17-13(18-12)19-8-4-3-5-9-19/h10H,3-9H2,1-2H3,(H3,14,15,16,17,18). The van der Waals surface area contributed by atoms with Gasteiger partial charge in [0.05, 0.1) is 0 Å². The van der Waals surface area contributed by atoms with E-state index < -0.39 is 0 Å². The van der Waals surface area contributed by atoms with E-state index in [0.717, 1.165) is 26.1 Å². The van der Waals surface area contributed by atoms with E-state index in [9.17, 15) is 0 Å². The van der Waals surface area contributed by atoms with Crippen LogP contribution in [0.15, 0.2) is 0 Å². The van der Waals surface area contributed by atoms with Crippen molar-refractivity contribution in [3.8, 4) is 0 Å². The van der Waals surface area contributed by atoms with Crippen molar-refractivity contribution in [1.82, 2.24) is 15.0 Å². The lowest BCUT2D eigenvalue weighted by Crippen LogP contribution is -2.31. The van der Waals surface area contributed by atoms with E-state index in [1.807, 2.05) is 0 Å². The monoisotopic (exact) mass is 264 g/mol. The number of nitrogens with two attached hydrogens (primary N) is 1. The summed E-state index contributed by atoms with van der Waals surface area (Å²) < 4.78 is 0. The number of nitrogen functional groups attached to an aromatic ring is 1. The Bertz CT molecular complexity index is 400. The molecule has 1 aromatic heterocycles. The van der Waals surface area contributed by atoms with Crippen molar-refractivity contribution in [2.45, 2.75) is 39.5 Å². The molecule has 6 heteroatoms. The molecule has 2 rings (SSSR count). The van der Waals surface area contributed by atoms with Gasteiger partial charge in [-0.2, -0.15) is 15.0 Å². The lowest BCUT2D eigenvalue weighted by molar-refractivity contribution is 0.567. The summed E-state index contributed by atoms with van der Waals surface area (Å²) in [7, 11) is 0. The van der Waals surface area contributed by atoms with Crippen LogP contribution in [0.5, 0.6) is 0 Å². The molecular weight excluding hydrogens is 240 g/mol. The van der Waals surface area contributed by atoms with Crippen molar-refractivity contribution >= 4 is 17.8 Å². The SMILES string of the molecule is CC(C)CCNc1nc(N)nc(N2CCCCC2)n1. The maximum atomic E-state index is 5.77. The second kappa shape index (κ2) is 6.54. The Morgan fingerprint density at radius 1 is 1.16 bits per heavy atom. The van der Waals surface area contributed by atoms with E-state index in [1.165, 1.54) is 19.3 Å². The minimum Gasteiger partial charge on any atom is -0.368 e. The number of nitrogens with zero attached hydrogens (tertiary/aromatic N) is 4. The molecule has 0 bridgehead atoms. The molecule has 0 amide bonds. The fourth-order valence-corrected chi connectivity index (χ4v) is 2.17. The summed E-state index contributed by atoms with van der Waals surface area (Å²) in [6, 6.07) is 0. The van der Waals surface area contributed by atoms with Crippen LogP contribution in [0.1, 0.15) is 39.5 Å². The number of hydrogen-bond donors (Lipinski definition) is 2. The van der Waals surface area contributed by atoms with Crippen LogP contribution in [0.25, 0.3) is 0 Å². The van der Waals surface area contributed by atoms with Gasteiger partial charge in [-0.15, -0.1) is 0 Å². The number of hydrogen-bond acceptors (Lipinski definition) is 6. The molecule has 106 valence electrons. The second-order valence-corrected chi connectivity index (χ2v) is 5.47. The highest BCUT2D eigenvalue weighted by Crippen LogP contribution is 2.17. The Morgan fingerprint density at radius 3 is 2.58 bits per heavy atom. The topological polar surface area (TPSA) is 80.0 Å². The summed E-state index contributed by atoms with van der Waals surface area (Å²) in [6.45, 7) is 7.27. The summed E-state index contributed by atoms with van der Waals surface area (Å²) in [4.78, 5) is 15.0. The molecule has 0 aliphatic carbocycles. The van der Waals surface area contributed by atoms with E-state index in [1.54, 1.807) is 0 Å². The van der Waals surface area contributed by atoms with Crippen molar-refractivity contribution in [3.05, 3.63) is 0 Å². The molecule has 0 atom stereocenters. The lowest BCUT2D eigenvalue weighted by atomic mass is 10.1. The molecule has 0 spiro atoms. The third-order valence-corrected chi connectivity index (χ3v) is 3.28. The minimum absolute atomic E-state index is 0.294. The van der Waals surface area contributed by atoms with E-state index in [4.69, 9.17) is 5.73 Å². The van der Waals surface area contributed by atoms with Crippen LogP contribution in [0.3, 0.4) is 0 Å². The van der Waals surface area contributed by atoms with Gasteiger partial charge in [-0.3, -0.25) is 0 Å². The Morgan fingerprint density at radius 2 is 1.89 bits per heavy atom. The molecule has 1 fully saturated rings. The highest BCUT2D eigenvalue weighted by molar-refractivity contribution is 5.42. The van der Waals surface area contributed by atoms with Crippen molar-refractivity contribution < 1.29 is 0 Å². The molecular formula is C13H24N6. The van der Waals surface area contributed by atoms with Gasteiger partial charge in [-0.05, 0) is 31.6 Å². The average molecular weight is 264 g/mol. The number of piperidine rings is 1. The van der Waals surface area contributed by atoms with Gasteiger partial charge < -0.3 is 16.0 Å². The van der Waals surface area contributed by atoms with Gasteiger partial charge in [0, 0.05) is 19.6 Å². The van der Waals surface area contributed by atoms with E-state index >= 15 is 0 Å². The molecule has 2 heterocycles. The molecule has 1 aliphatic heterocycles. The summed E-state index contributed by atoms with van der Waals surface area (Å²) in [6.07, 6.45) is 4.77. The first-order chi connectivity index (χ1) is 9.15. The Kier molecular flexibility index (Phi) is 4.76. The van der Waals surface area contributed by atoms with Crippen molar-refractivity contribution in [1.29, 1.82) is 0 Å². The zero-order valence-electron chi connectivity index (χ0n) is 11.9. The largest absolute Gasteiger partial charge is 0.368 e. The van der Waals surface area contributed by atoms with Crippen LogP contribution in [-0.4, -0.2) is 34.6 Å². The van der Waals surface area contributed by atoms with Gasteiger partial charge in [0.2, 0.25) is 17.8 Å². The first kappa shape index (κ1) is 13.8. The molecule has 1 aromatic rings. The molecule has 6 nitrogen and oxygen atoms in total. The molecule has 0 radical (unpaired) electrons. The van der Waals surface area contributed by atoms with Gasteiger partial charge in [0.15, 0.2) is 0 Å². The summed E-state index contributed by atoms with van der Waals surface area (Å²) >= 11 is 0. The zero-order chi connectivity index (χ0) is 13.7. The number of aromatic nitrogens is 3. The molecule has 19 heavy (non-hydrogen) atoms. The smallest absolute Gasteiger partial charge is 0.231 e. The van der Waals surface area contributed by atoms with Crippen molar-refractivity contribution in [3.63, 3.8) is 0 Å². The van der Waals surface area contributed by atoms with Crippen LogP contribution in [0, 0.1) is 5.92 Å². The van der Waals surface area contributed by atoms with Gasteiger partial charge in [0.25, 0.3) is 0 Å². The minimum atomic E-state index is 0.294. The Hall–Kier alpha value is -1.59. The average Bonchev–Trinajstić information content (AvgIpc) is 2.39. The van der Waals surface area contributed by atoms with Gasteiger partial charge in [-0.25, -0.2) is 0 Å². The predicted octanol–water partition coefficient (Wildman–Crippen LogP) is 1.90. The molecule has 1 aliphatic rings. The van der Waals surface area contributed by atoms with E-state index in [-0.39, 0.29) is 0 Å². The summed E-state index contributed by atoms with van der Waals surface area (Å²) in [5, 5.41) is 3.23. The van der Waals surface area contributed by atoms with Crippen LogP contribution in [0.2, 0.25) is 0 Å². The lowest BCUT2D eigenvalue weighted by Gasteiger charge is -2.26. The Balaban J connectivity index is 2.01. The Labute approximate surface area is 114 Å². The van der Waals surface area contributed by atoms with Crippen molar-refractivity contribution in [2.75, 3.05) is 35.6 Å². The third-order valence-electron chi connectivity index (χ3n) is 3.28. The molecule has 0 aromatic carbocycles. The zero-order valence-corrected chi connectivity index (χ0v) is 11.9. The first-order valence-electron chi connectivity index (χ1n) is 7.15. The summed E-state index contributed by atoms with van der Waals surface area (Å²) in [5.41, 5.74) is 5.77. The first-order valence-corrected chi connectivity index (χ1v) is 7.15. The van der Waals surface area contributed by atoms with Gasteiger partial charge in [-0.1, -0.05) is 13.8 Å². The van der Waals surface area contributed by atoms with Crippen LogP contribution >= 0.6 is 0 Å². The predicted molar refractivity (Wildman–Crippen MR) is 78.2 cm³/mol. The third kappa shape index (κ3) is 4.22. The quantitative estimate of drug-likeness (QED) is 0.845. The van der Waals surface area contributed by atoms with Crippen molar-refractivity contribution in [2.24, 2.45) is 5.92 Å². The maximum absolute atomic E-state index is 5.77. The molecule has 3 N–H and O–H groups in total.